The number of carbonyl (C=O) groups is 2. The highest BCUT2D eigenvalue weighted by atomic mass is 16.5. The Morgan fingerprint density at radius 2 is 2.04 bits per heavy atom. The molecule has 1 heterocycles. The fourth-order valence-electron chi connectivity index (χ4n) is 4.14. The molecule has 28 heavy (non-hydrogen) atoms. The third-order valence-corrected chi connectivity index (χ3v) is 5.92. The molecule has 1 aliphatic heterocycles. The molecule has 1 aromatic carbocycles. The van der Waals surface area contributed by atoms with E-state index in [9.17, 15) is 9.59 Å². The first kappa shape index (κ1) is 20.5. The van der Waals surface area contributed by atoms with Crippen molar-refractivity contribution in [3.63, 3.8) is 0 Å². The van der Waals surface area contributed by atoms with Gasteiger partial charge in [0.2, 0.25) is 5.91 Å². The lowest BCUT2D eigenvalue weighted by Gasteiger charge is -2.24. The summed E-state index contributed by atoms with van der Waals surface area (Å²) in [7, 11) is 1.77. The number of rotatable bonds is 7. The van der Waals surface area contributed by atoms with Gasteiger partial charge in [-0.2, -0.15) is 0 Å². The van der Waals surface area contributed by atoms with Crippen molar-refractivity contribution >= 4 is 11.9 Å². The van der Waals surface area contributed by atoms with Crippen molar-refractivity contribution < 1.29 is 14.3 Å². The van der Waals surface area contributed by atoms with Crippen LogP contribution in [0.3, 0.4) is 0 Å². The van der Waals surface area contributed by atoms with E-state index in [1.807, 2.05) is 30.9 Å². The van der Waals surface area contributed by atoms with Crippen LogP contribution in [-0.4, -0.2) is 61.1 Å². The molecule has 154 valence electrons. The van der Waals surface area contributed by atoms with Crippen molar-refractivity contribution in [2.75, 3.05) is 33.3 Å². The SMILES string of the molecule is Cc1ccc(C)c(OCCN(C)C(=O)NC[C@@H]2CC(=O)N(C3CCCC3)C2)c1. The number of nitrogens with one attached hydrogen (secondary N) is 1. The summed E-state index contributed by atoms with van der Waals surface area (Å²) in [5.74, 6) is 1.34. The van der Waals surface area contributed by atoms with Gasteiger partial charge in [-0.05, 0) is 43.9 Å². The van der Waals surface area contributed by atoms with Gasteiger partial charge < -0.3 is 19.9 Å². The molecule has 2 fully saturated rings. The molecular formula is C22H33N3O3. The molecule has 0 radical (unpaired) electrons. The highest BCUT2D eigenvalue weighted by Gasteiger charge is 2.35. The Morgan fingerprint density at radius 3 is 2.79 bits per heavy atom. The van der Waals surface area contributed by atoms with Crippen LogP contribution in [0.2, 0.25) is 0 Å². The topological polar surface area (TPSA) is 61.9 Å². The number of urea groups is 1. The lowest BCUT2D eigenvalue weighted by atomic mass is 10.1. The summed E-state index contributed by atoms with van der Waals surface area (Å²) in [5.41, 5.74) is 2.25. The van der Waals surface area contributed by atoms with Crippen molar-refractivity contribution in [2.24, 2.45) is 5.92 Å². The van der Waals surface area contributed by atoms with Crippen molar-refractivity contribution in [2.45, 2.75) is 52.0 Å². The Balaban J connectivity index is 1.37. The fraction of sp³-hybridized carbons (Fsp3) is 0.636. The number of aryl methyl sites for hydroxylation is 2. The molecule has 1 saturated heterocycles. The van der Waals surface area contributed by atoms with Gasteiger partial charge in [0.25, 0.3) is 0 Å². The third-order valence-electron chi connectivity index (χ3n) is 5.92. The largest absolute Gasteiger partial charge is 0.491 e. The Labute approximate surface area is 168 Å². The van der Waals surface area contributed by atoms with Crippen LogP contribution >= 0.6 is 0 Å². The van der Waals surface area contributed by atoms with Gasteiger partial charge in [-0.15, -0.1) is 0 Å². The van der Waals surface area contributed by atoms with Gasteiger partial charge in [-0.25, -0.2) is 4.79 Å². The van der Waals surface area contributed by atoms with Gasteiger partial charge in [-0.1, -0.05) is 25.0 Å². The van der Waals surface area contributed by atoms with E-state index in [-0.39, 0.29) is 17.9 Å². The van der Waals surface area contributed by atoms with E-state index in [2.05, 4.69) is 11.4 Å². The number of hydrogen-bond acceptors (Lipinski definition) is 3. The van der Waals surface area contributed by atoms with E-state index in [1.54, 1.807) is 11.9 Å². The minimum Gasteiger partial charge on any atom is -0.491 e. The maximum atomic E-state index is 12.3. The molecule has 1 aliphatic carbocycles. The number of likely N-dealkylation sites (N-methyl/N-ethyl adjacent to an activating group) is 1. The molecule has 0 bridgehead atoms. The summed E-state index contributed by atoms with van der Waals surface area (Å²) in [4.78, 5) is 28.3. The van der Waals surface area contributed by atoms with E-state index >= 15 is 0 Å². The lowest BCUT2D eigenvalue weighted by Crippen LogP contribution is -2.42. The predicted molar refractivity (Wildman–Crippen MR) is 110 cm³/mol. The van der Waals surface area contributed by atoms with Gasteiger partial charge in [0.1, 0.15) is 12.4 Å². The van der Waals surface area contributed by atoms with E-state index in [4.69, 9.17) is 4.74 Å². The molecule has 3 rings (SSSR count). The van der Waals surface area contributed by atoms with Crippen LogP contribution in [0.1, 0.15) is 43.2 Å². The standard InChI is InChI=1S/C22H33N3O3/c1-16-8-9-17(2)20(12-16)28-11-10-24(3)22(27)23-14-18-13-21(26)25(15-18)19-6-4-5-7-19/h8-9,12,18-19H,4-7,10-11,13-15H2,1-3H3,(H,23,27)/t18-/m0/s1. The Hall–Kier alpha value is -2.24. The summed E-state index contributed by atoms with van der Waals surface area (Å²) >= 11 is 0. The monoisotopic (exact) mass is 387 g/mol. The number of benzene rings is 1. The minimum atomic E-state index is -0.115. The van der Waals surface area contributed by atoms with Gasteiger partial charge >= 0.3 is 6.03 Å². The number of ether oxygens (including phenoxy) is 1. The molecule has 0 unspecified atom stereocenters. The van der Waals surface area contributed by atoms with Crippen LogP contribution in [-0.2, 0) is 4.79 Å². The molecule has 1 aromatic rings. The van der Waals surface area contributed by atoms with Crippen LogP contribution in [0, 0.1) is 19.8 Å². The Morgan fingerprint density at radius 1 is 1.29 bits per heavy atom. The summed E-state index contributed by atoms with van der Waals surface area (Å²) in [6, 6.07) is 6.43. The van der Waals surface area contributed by atoms with Crippen molar-refractivity contribution in [3.8, 4) is 5.75 Å². The second-order valence-electron chi connectivity index (χ2n) is 8.28. The second-order valence-corrected chi connectivity index (χ2v) is 8.28. The highest BCUT2D eigenvalue weighted by molar-refractivity contribution is 5.79. The van der Waals surface area contributed by atoms with Gasteiger partial charge in [-0.3, -0.25) is 4.79 Å². The maximum Gasteiger partial charge on any atom is 0.317 e. The second kappa shape index (κ2) is 9.30. The number of hydrogen-bond donors (Lipinski definition) is 1. The Bertz CT molecular complexity index is 700. The smallest absolute Gasteiger partial charge is 0.317 e. The number of amides is 3. The first-order valence-corrected chi connectivity index (χ1v) is 10.4. The van der Waals surface area contributed by atoms with Crippen molar-refractivity contribution in [3.05, 3.63) is 29.3 Å². The maximum absolute atomic E-state index is 12.3. The zero-order chi connectivity index (χ0) is 20.1. The summed E-state index contributed by atoms with van der Waals surface area (Å²) in [6.07, 6.45) is 5.27. The van der Waals surface area contributed by atoms with Crippen LogP contribution in [0.5, 0.6) is 5.75 Å². The van der Waals surface area contributed by atoms with Crippen LogP contribution < -0.4 is 10.1 Å². The first-order chi connectivity index (χ1) is 13.4. The normalized spacial score (nSPS) is 19.9. The molecule has 6 heteroatoms. The fourth-order valence-corrected chi connectivity index (χ4v) is 4.14. The molecule has 1 saturated carbocycles. The summed E-state index contributed by atoms with van der Waals surface area (Å²) < 4.78 is 5.83. The van der Waals surface area contributed by atoms with Gasteiger partial charge in [0.15, 0.2) is 0 Å². The molecule has 1 atom stereocenters. The summed E-state index contributed by atoms with van der Waals surface area (Å²) in [6.45, 7) is 6.35. The van der Waals surface area contributed by atoms with E-state index in [0.29, 0.717) is 32.2 Å². The molecule has 1 N–H and O–H groups in total. The quantitative estimate of drug-likeness (QED) is 0.782. The zero-order valence-corrected chi connectivity index (χ0v) is 17.4. The van der Waals surface area contributed by atoms with E-state index < -0.39 is 0 Å². The third kappa shape index (κ3) is 5.18. The molecule has 2 aliphatic rings. The average Bonchev–Trinajstić information content (AvgIpc) is 3.31. The average molecular weight is 388 g/mol. The zero-order valence-electron chi connectivity index (χ0n) is 17.4. The van der Waals surface area contributed by atoms with Crippen LogP contribution in [0.25, 0.3) is 0 Å². The number of carbonyl (C=O) groups excluding carboxylic acids is 2. The molecule has 3 amide bonds. The van der Waals surface area contributed by atoms with Crippen LogP contribution in [0.4, 0.5) is 4.79 Å². The number of likely N-dealkylation sites (tertiary alicyclic amines) is 1. The van der Waals surface area contributed by atoms with Gasteiger partial charge in [0.05, 0.1) is 6.54 Å². The first-order valence-electron chi connectivity index (χ1n) is 10.4. The van der Waals surface area contributed by atoms with Crippen molar-refractivity contribution in [1.29, 1.82) is 0 Å². The minimum absolute atomic E-state index is 0.115. The van der Waals surface area contributed by atoms with Gasteiger partial charge in [0, 0.05) is 38.5 Å². The highest BCUT2D eigenvalue weighted by Crippen LogP contribution is 2.29. The molecule has 6 nitrogen and oxygen atoms in total. The number of nitrogens with zero attached hydrogens (tertiary/aromatic N) is 2. The summed E-state index contributed by atoms with van der Waals surface area (Å²) in [5, 5.41) is 2.98. The predicted octanol–water partition coefficient (Wildman–Crippen LogP) is 3.11. The Kier molecular flexibility index (Phi) is 6.81. The molecule has 0 aromatic heterocycles. The van der Waals surface area contributed by atoms with Crippen molar-refractivity contribution in [1.82, 2.24) is 15.1 Å². The molecular weight excluding hydrogens is 354 g/mol. The van der Waals surface area contributed by atoms with Crippen LogP contribution in [0.15, 0.2) is 18.2 Å². The molecule has 0 spiro atoms. The van der Waals surface area contributed by atoms with E-state index in [1.165, 1.54) is 12.8 Å². The lowest BCUT2D eigenvalue weighted by molar-refractivity contribution is -0.129. The van der Waals surface area contributed by atoms with E-state index in [0.717, 1.165) is 36.3 Å².